The van der Waals surface area contributed by atoms with Crippen molar-refractivity contribution < 1.29 is 104 Å². The number of carbonyl (C=O) groups excluding carboxylic acids is 5. The minimum atomic E-state index is -1.27. The molecular formula is C62H93GdN13O15. The van der Waals surface area contributed by atoms with E-state index in [2.05, 4.69) is 31.9 Å². The maximum atomic E-state index is 14.5. The first kappa shape index (κ1) is 76.9. The number of anilines is 2. The molecule has 0 aliphatic carbocycles. The van der Waals surface area contributed by atoms with Crippen molar-refractivity contribution in [3.8, 4) is 0 Å². The number of benzene rings is 1. The van der Waals surface area contributed by atoms with Crippen LogP contribution < -0.4 is 54.2 Å². The summed E-state index contributed by atoms with van der Waals surface area (Å²) >= 11 is 0. The number of nitrogens with zero attached hydrogens (tertiary/aromatic N) is 5. The van der Waals surface area contributed by atoms with Gasteiger partial charge >= 0.3 is 23.9 Å². The predicted octanol–water partition coefficient (Wildman–Crippen LogP) is 0.284. The molecular weight excluding hydrogens is 1320 g/mol. The third-order valence-electron chi connectivity index (χ3n) is 16.2. The number of carboxylic acids is 4. The molecule has 2 aliphatic rings. The van der Waals surface area contributed by atoms with Crippen molar-refractivity contribution in [2.24, 2.45) is 23.3 Å². The number of hydrogen-bond acceptors (Lipinski definition) is 19. The molecule has 28 nitrogen and oxygen atoms in total. The van der Waals surface area contributed by atoms with Gasteiger partial charge in [0, 0.05) is 98.7 Å². The van der Waals surface area contributed by atoms with Crippen molar-refractivity contribution in [1.29, 1.82) is 0 Å². The summed E-state index contributed by atoms with van der Waals surface area (Å²) in [5, 5.41) is 56.2. The Bertz CT molecular complexity index is 2940. The van der Waals surface area contributed by atoms with Crippen molar-refractivity contribution in [3.05, 3.63) is 85.4 Å². The van der Waals surface area contributed by atoms with Gasteiger partial charge < -0.3 is 68.7 Å². The van der Waals surface area contributed by atoms with Crippen LogP contribution in [-0.2, 0) is 69.1 Å². The minimum absolute atomic E-state index is 0. The molecule has 3 heterocycles. The molecule has 1 aromatic heterocycles. The fourth-order valence-electron chi connectivity index (χ4n) is 11.2. The fraction of sp³-hybridized carbons (Fsp3) is 0.613. The van der Waals surface area contributed by atoms with E-state index in [4.69, 9.17) is 16.5 Å². The van der Waals surface area contributed by atoms with E-state index in [1.165, 1.54) is 4.90 Å². The van der Waals surface area contributed by atoms with Gasteiger partial charge in [-0.05, 0) is 119 Å². The van der Waals surface area contributed by atoms with Crippen molar-refractivity contribution in [1.82, 2.24) is 45.9 Å². The zero-order valence-corrected chi connectivity index (χ0v) is 54.8. The van der Waals surface area contributed by atoms with Gasteiger partial charge in [-0.1, -0.05) is 64.4 Å². The minimum Gasteiger partial charge on any atom is -0.480 e. The largest absolute Gasteiger partial charge is 0.480 e. The van der Waals surface area contributed by atoms with Gasteiger partial charge in [-0.15, -0.1) is 0 Å². The maximum Gasteiger partial charge on any atom is 0.326 e. The Hall–Kier alpha value is -6.60. The first-order valence-electron chi connectivity index (χ1n) is 31.2. The van der Waals surface area contributed by atoms with Crippen LogP contribution in [0.25, 0.3) is 0 Å². The van der Waals surface area contributed by atoms with Crippen LogP contribution in [-0.4, -0.2) is 207 Å². The van der Waals surface area contributed by atoms with Crippen LogP contribution in [0.4, 0.5) is 11.4 Å². The topological polar surface area (TPSA) is 419 Å². The number of nitrogens with one attached hydrogen (secondary N) is 6. The van der Waals surface area contributed by atoms with E-state index in [0.717, 1.165) is 5.56 Å². The molecule has 504 valence electrons. The summed E-state index contributed by atoms with van der Waals surface area (Å²) in [5.74, 6) is -8.36. The van der Waals surface area contributed by atoms with Gasteiger partial charge in [-0.3, -0.25) is 67.6 Å². The number of likely N-dealkylation sites (tertiary alicyclic amines) is 1. The van der Waals surface area contributed by atoms with E-state index in [1.54, 1.807) is 64.1 Å². The number of hydrogen-bond donors (Lipinski definition) is 12. The molecule has 0 spiro atoms. The molecule has 91 heavy (non-hydrogen) atoms. The molecule has 1 saturated heterocycles. The maximum absolute atomic E-state index is 14.5. The van der Waals surface area contributed by atoms with Crippen molar-refractivity contribution >= 4 is 64.8 Å². The Morgan fingerprint density at radius 3 is 1.71 bits per heavy atom. The number of carboxylic acid groups (broad SMARTS) is 4. The monoisotopic (exact) mass is 1420 g/mol. The van der Waals surface area contributed by atoms with Gasteiger partial charge in [-0.2, -0.15) is 0 Å². The Balaban J connectivity index is 0.0000177. The Labute approximate surface area is 562 Å². The summed E-state index contributed by atoms with van der Waals surface area (Å²) in [4.78, 5) is 157. The van der Waals surface area contributed by atoms with E-state index in [9.17, 15) is 73.2 Å². The number of carbonyl (C=O) groups is 9. The number of fused-ring (bicyclic) bond motifs is 2. The molecule has 29 heteroatoms. The first-order valence-corrected chi connectivity index (χ1v) is 31.2. The van der Waals surface area contributed by atoms with Crippen molar-refractivity contribution in [2.45, 2.75) is 161 Å². The van der Waals surface area contributed by atoms with Crippen LogP contribution in [0, 0.1) is 51.8 Å². The summed E-state index contributed by atoms with van der Waals surface area (Å²) < 4.78 is 0. The molecule has 0 saturated carbocycles. The van der Waals surface area contributed by atoms with E-state index in [0.29, 0.717) is 74.9 Å². The molecule has 2 aliphatic heterocycles. The van der Waals surface area contributed by atoms with Crippen molar-refractivity contribution in [3.63, 3.8) is 0 Å². The second kappa shape index (κ2) is 39.1. The average Bonchev–Trinajstić information content (AvgIpc) is 2.08. The Morgan fingerprint density at radius 2 is 1.16 bits per heavy atom. The number of rotatable bonds is 37. The zero-order chi connectivity index (χ0) is 66.0. The van der Waals surface area contributed by atoms with E-state index < -0.39 is 106 Å². The van der Waals surface area contributed by atoms with Crippen LogP contribution in [0.5, 0.6) is 0 Å². The van der Waals surface area contributed by atoms with Crippen LogP contribution in [0.1, 0.15) is 121 Å². The fourth-order valence-corrected chi connectivity index (χ4v) is 11.2. The van der Waals surface area contributed by atoms with Gasteiger partial charge in [0.05, 0.1) is 31.0 Å². The zero-order valence-electron chi connectivity index (χ0n) is 52.6. The van der Waals surface area contributed by atoms with Gasteiger partial charge in [0.25, 0.3) is 10.9 Å². The third-order valence-corrected chi connectivity index (χ3v) is 16.2. The second-order valence-corrected chi connectivity index (χ2v) is 23.9. The van der Waals surface area contributed by atoms with Crippen LogP contribution in [0.2, 0.25) is 0 Å². The molecule has 1 fully saturated rings. The normalized spacial score (nSPS) is 17.0. The van der Waals surface area contributed by atoms with Gasteiger partial charge in [0.1, 0.15) is 47.6 Å². The van der Waals surface area contributed by atoms with E-state index >= 15 is 0 Å². The number of nitrogens with two attached hydrogens (primary N) is 2. The summed E-state index contributed by atoms with van der Waals surface area (Å²) in [5.41, 5.74) is 12.4. The average molecular weight is 1420 g/mol. The van der Waals surface area contributed by atoms with E-state index in [1.807, 2.05) is 20.8 Å². The summed E-state index contributed by atoms with van der Waals surface area (Å²) in [6.07, 6.45) is 4.19. The summed E-state index contributed by atoms with van der Waals surface area (Å²) in [7, 11) is 0. The Morgan fingerprint density at radius 1 is 0.626 bits per heavy atom. The molecule has 2 bridgehead atoms. The third kappa shape index (κ3) is 25.1. The second-order valence-electron chi connectivity index (χ2n) is 23.9. The number of pyridine rings is 1. The van der Waals surface area contributed by atoms with Gasteiger partial charge in [-0.25, -0.2) is 4.79 Å². The Kier molecular flexibility index (Phi) is 33.0. The number of aliphatic carboxylic acids is 4. The molecule has 0 radical (unpaired) electrons. The van der Waals surface area contributed by atoms with Gasteiger partial charge in [0.2, 0.25) is 29.5 Å². The molecule has 3 aromatic rings. The molecule has 14 N–H and O–H groups in total. The van der Waals surface area contributed by atoms with Crippen LogP contribution in [0.3, 0.4) is 0 Å². The molecule has 5 amide bonds. The first-order chi connectivity index (χ1) is 42.9. The molecule has 0 unspecified atom stereocenters. The van der Waals surface area contributed by atoms with Crippen molar-refractivity contribution in [2.75, 3.05) is 82.6 Å². The number of aromatic nitrogens is 1. The summed E-state index contributed by atoms with van der Waals surface area (Å²) in [6.45, 7) is 8.25. The standard InChI is InChI=1S/C62H93N13O15.Gd/c1-5-39(4)52(60(87)68-44(18-9-11-21-63)57(84)69-45(19-10-12-22-64)61(88)75-24-14-20-48(75)59(86)70-47(62(89)90)32-40-15-7-6-8-16-40)71-58(85)46(29-38(2)3)67-54-53(55(82)56(54)83)65-23-13-17-41-30-42-33-73(36-50(78)79)27-25-72(35-49(76)77)26-28-74(37-51(80)81)34-43(31-41)66-42;/h6-8,15-16,30-31,38-39,44-48,52,65,67H,5,9-14,17-29,32-37,63-64H2,1-4H3,(H,68,87)(H,69,84)(H,70,86)(H,71,85)(H,76,77)(H,78,79)(H,80,81)(H,89,90);/t39-,44-,45-,46-,47-,48-,52-;/m0./s1. The smallest absolute Gasteiger partial charge is 0.326 e. The van der Waals surface area contributed by atoms with E-state index in [-0.39, 0.29) is 168 Å². The summed E-state index contributed by atoms with van der Waals surface area (Å²) in [6, 6.07) is 5.43. The number of amides is 5. The molecule has 5 rings (SSSR count). The van der Waals surface area contributed by atoms with Crippen LogP contribution >= 0.6 is 0 Å². The number of unbranched alkanes of at least 4 members (excludes halogenated alkanes) is 2. The number of aryl methyl sites for hydroxylation is 1. The SMILES string of the molecule is CC[C@H](C)[C@H](NC(=O)[C@H](CC(C)C)Nc1c(NCCCc2cc3nc(c2)CN(CC(=O)O)CCN(CC(=O)O)CCN(CC(=O)O)C3)c(=O)c1=O)C(=O)N[C@@H](CCCCN)C(=O)N[C@@H](CCCCN)C(=O)N1CCC[C@H]1C(=O)N[C@@H](Cc1ccccc1)C(=O)O.[Gd]. The molecule has 2 aromatic carbocycles. The quantitative estimate of drug-likeness (QED) is 0.0272. The predicted molar refractivity (Wildman–Crippen MR) is 335 cm³/mol. The van der Waals surface area contributed by atoms with Crippen LogP contribution in [0.15, 0.2) is 52.1 Å². The molecule has 7 atom stereocenters. The van der Waals surface area contributed by atoms with Gasteiger partial charge in [0.15, 0.2) is 0 Å².